The molecule has 0 aromatic heterocycles. The molecule has 0 aromatic carbocycles. The van der Waals surface area contributed by atoms with Crippen LogP contribution in [-0.2, 0) is 0 Å². The fraction of sp³-hybridized carbons (Fsp3) is 0.714. The van der Waals surface area contributed by atoms with E-state index >= 15 is 0 Å². The minimum absolute atomic E-state index is 0.543. The molecule has 0 saturated heterocycles. The van der Waals surface area contributed by atoms with Crippen LogP contribution >= 0.6 is 0 Å². The van der Waals surface area contributed by atoms with E-state index in [2.05, 4.69) is 26.8 Å². The third kappa shape index (κ3) is 3.83. The maximum Gasteiger partial charge on any atom is 0.0693 e. The lowest BCUT2D eigenvalue weighted by Gasteiger charge is -2.22. The summed E-state index contributed by atoms with van der Waals surface area (Å²) in [5.41, 5.74) is 3.58. The van der Waals surface area contributed by atoms with E-state index in [4.69, 9.17) is 0 Å². The second-order valence-corrected chi connectivity index (χ2v) is 5.25. The third-order valence-electron chi connectivity index (χ3n) is 3.07. The van der Waals surface area contributed by atoms with E-state index in [-0.39, 0.29) is 0 Å². The van der Waals surface area contributed by atoms with Crippen LogP contribution in [-0.4, -0.2) is 10.7 Å². The van der Waals surface area contributed by atoms with Gasteiger partial charge >= 0.3 is 0 Å². The lowest BCUT2D eigenvalue weighted by Crippen LogP contribution is -2.23. The van der Waals surface area contributed by atoms with Gasteiger partial charge in [0.1, 0.15) is 0 Å². The molecule has 0 fully saturated rings. The lowest BCUT2D eigenvalue weighted by molar-refractivity contribution is 0.0615. The molecule has 1 N–H and O–H groups in total. The molecule has 0 aromatic rings. The minimum atomic E-state index is -0.543. The van der Waals surface area contributed by atoms with Crippen molar-refractivity contribution in [3.05, 3.63) is 22.8 Å². The largest absolute Gasteiger partial charge is 0.390 e. The standard InChI is InChI=1S/C14H24O/c1-5-6-7-13-8-11(2)9-14(4,15)10-12(13)3/h8,15H,5-7,9-10H2,1-4H3. The molecule has 1 heteroatoms. The predicted octanol–water partition coefficient (Wildman–Crippen LogP) is 3.98. The molecule has 0 spiro atoms. The summed E-state index contributed by atoms with van der Waals surface area (Å²) < 4.78 is 0. The van der Waals surface area contributed by atoms with Crippen LogP contribution < -0.4 is 0 Å². The normalized spacial score (nSPS) is 27.7. The topological polar surface area (TPSA) is 20.2 Å². The van der Waals surface area contributed by atoms with Crippen LogP contribution in [0.25, 0.3) is 0 Å². The Bertz CT molecular complexity index is 282. The van der Waals surface area contributed by atoms with E-state index in [1.54, 1.807) is 0 Å². The Morgan fingerprint density at radius 1 is 1.33 bits per heavy atom. The molecule has 1 atom stereocenters. The summed E-state index contributed by atoms with van der Waals surface area (Å²) in [5.74, 6) is 0. The molecule has 0 bridgehead atoms. The van der Waals surface area contributed by atoms with Crippen LogP contribution in [0, 0.1) is 0 Å². The van der Waals surface area contributed by atoms with Crippen molar-refractivity contribution in [2.24, 2.45) is 0 Å². The zero-order valence-corrected chi connectivity index (χ0v) is 10.6. The first-order valence-electron chi connectivity index (χ1n) is 6.03. The van der Waals surface area contributed by atoms with Crippen molar-refractivity contribution in [1.29, 1.82) is 0 Å². The predicted molar refractivity (Wildman–Crippen MR) is 65.8 cm³/mol. The number of aliphatic hydroxyl groups is 1. The Balaban J connectivity index is 2.86. The summed E-state index contributed by atoms with van der Waals surface area (Å²) in [6, 6.07) is 0. The van der Waals surface area contributed by atoms with Crippen molar-refractivity contribution in [2.75, 3.05) is 0 Å². The van der Waals surface area contributed by atoms with Crippen molar-refractivity contribution in [1.82, 2.24) is 0 Å². The molecule has 0 radical (unpaired) electrons. The highest BCUT2D eigenvalue weighted by atomic mass is 16.3. The Hall–Kier alpha value is -0.560. The van der Waals surface area contributed by atoms with Gasteiger partial charge in [0.2, 0.25) is 0 Å². The summed E-state index contributed by atoms with van der Waals surface area (Å²) in [4.78, 5) is 0. The molecule has 1 aliphatic carbocycles. The second-order valence-electron chi connectivity index (χ2n) is 5.25. The third-order valence-corrected chi connectivity index (χ3v) is 3.07. The van der Waals surface area contributed by atoms with Crippen LogP contribution in [0.5, 0.6) is 0 Å². The van der Waals surface area contributed by atoms with Gasteiger partial charge in [-0.15, -0.1) is 0 Å². The van der Waals surface area contributed by atoms with Crippen LogP contribution in [0.1, 0.15) is 59.8 Å². The molecule has 86 valence electrons. The number of unbranched alkanes of at least 4 members (excludes halogenated alkanes) is 1. The van der Waals surface area contributed by atoms with Gasteiger partial charge < -0.3 is 5.11 Å². The van der Waals surface area contributed by atoms with E-state index in [1.807, 2.05) is 6.92 Å². The molecule has 0 amide bonds. The maximum absolute atomic E-state index is 10.2. The van der Waals surface area contributed by atoms with Crippen LogP contribution in [0.15, 0.2) is 22.8 Å². The van der Waals surface area contributed by atoms with E-state index in [1.165, 1.54) is 29.6 Å². The average molecular weight is 208 g/mol. The maximum atomic E-state index is 10.2. The Morgan fingerprint density at radius 2 is 2.00 bits per heavy atom. The summed E-state index contributed by atoms with van der Waals surface area (Å²) in [6.07, 6.45) is 7.56. The summed E-state index contributed by atoms with van der Waals surface area (Å²) in [6.45, 7) is 8.45. The van der Waals surface area contributed by atoms with Crippen molar-refractivity contribution in [3.63, 3.8) is 0 Å². The van der Waals surface area contributed by atoms with Gasteiger partial charge in [0.25, 0.3) is 0 Å². The summed E-state index contributed by atoms with van der Waals surface area (Å²) in [5, 5.41) is 10.2. The molecule has 1 unspecified atom stereocenters. The van der Waals surface area contributed by atoms with E-state index in [0.29, 0.717) is 0 Å². The zero-order chi connectivity index (χ0) is 11.5. The van der Waals surface area contributed by atoms with Crippen molar-refractivity contribution < 1.29 is 5.11 Å². The van der Waals surface area contributed by atoms with Crippen LogP contribution in [0.3, 0.4) is 0 Å². The highest BCUT2D eigenvalue weighted by Crippen LogP contribution is 2.31. The molecule has 15 heavy (non-hydrogen) atoms. The Kier molecular flexibility index (Phi) is 4.15. The molecule has 0 saturated carbocycles. The highest BCUT2D eigenvalue weighted by Gasteiger charge is 2.24. The number of rotatable bonds is 3. The van der Waals surface area contributed by atoms with E-state index in [0.717, 1.165) is 19.3 Å². The molecule has 1 rings (SSSR count). The SMILES string of the molecule is CCCCC1=C(C)CC(C)(O)CC(C)=C1. The first kappa shape index (κ1) is 12.5. The Morgan fingerprint density at radius 3 is 2.60 bits per heavy atom. The van der Waals surface area contributed by atoms with Gasteiger partial charge in [-0.2, -0.15) is 0 Å². The highest BCUT2D eigenvalue weighted by molar-refractivity contribution is 5.31. The number of hydrogen-bond donors (Lipinski definition) is 1. The van der Waals surface area contributed by atoms with Gasteiger partial charge in [-0.1, -0.05) is 30.6 Å². The molecular weight excluding hydrogens is 184 g/mol. The van der Waals surface area contributed by atoms with Crippen LogP contribution in [0.2, 0.25) is 0 Å². The first-order chi connectivity index (χ1) is 6.94. The van der Waals surface area contributed by atoms with E-state index in [9.17, 15) is 5.11 Å². The lowest BCUT2D eigenvalue weighted by atomic mass is 9.92. The smallest absolute Gasteiger partial charge is 0.0693 e. The molecule has 1 nitrogen and oxygen atoms in total. The molecule has 1 aliphatic rings. The fourth-order valence-corrected chi connectivity index (χ4v) is 2.47. The Labute approximate surface area is 93.9 Å². The van der Waals surface area contributed by atoms with Gasteiger partial charge in [-0.25, -0.2) is 0 Å². The monoisotopic (exact) mass is 208 g/mol. The fourth-order valence-electron chi connectivity index (χ4n) is 2.47. The van der Waals surface area contributed by atoms with Crippen molar-refractivity contribution >= 4 is 0 Å². The van der Waals surface area contributed by atoms with Gasteiger partial charge in [0.05, 0.1) is 5.60 Å². The van der Waals surface area contributed by atoms with E-state index < -0.39 is 5.60 Å². The quantitative estimate of drug-likeness (QED) is 0.743. The number of allylic oxidation sites excluding steroid dienone is 2. The molecular formula is C14H24O. The molecule has 0 heterocycles. The van der Waals surface area contributed by atoms with Gasteiger partial charge in [0.15, 0.2) is 0 Å². The summed E-state index contributed by atoms with van der Waals surface area (Å²) in [7, 11) is 0. The zero-order valence-electron chi connectivity index (χ0n) is 10.6. The first-order valence-corrected chi connectivity index (χ1v) is 6.03. The van der Waals surface area contributed by atoms with Gasteiger partial charge in [-0.3, -0.25) is 0 Å². The van der Waals surface area contributed by atoms with Crippen molar-refractivity contribution in [2.45, 2.75) is 65.4 Å². The minimum Gasteiger partial charge on any atom is -0.390 e. The van der Waals surface area contributed by atoms with Gasteiger partial charge in [0, 0.05) is 0 Å². The summed E-state index contributed by atoms with van der Waals surface area (Å²) >= 11 is 0. The van der Waals surface area contributed by atoms with Gasteiger partial charge in [-0.05, 0) is 52.0 Å². The second kappa shape index (κ2) is 4.98. The number of hydrogen-bond acceptors (Lipinski definition) is 1. The van der Waals surface area contributed by atoms with Crippen LogP contribution in [0.4, 0.5) is 0 Å². The average Bonchev–Trinajstić information content (AvgIpc) is 2.18. The molecule has 0 aliphatic heterocycles. The van der Waals surface area contributed by atoms with Crippen molar-refractivity contribution in [3.8, 4) is 0 Å².